The summed E-state index contributed by atoms with van der Waals surface area (Å²) in [5, 5.41) is 67.8. The van der Waals surface area contributed by atoms with E-state index in [1.54, 1.807) is 44.8 Å². The van der Waals surface area contributed by atoms with E-state index in [-0.39, 0.29) is 103 Å². The number of H-pyrrole nitrogens is 1. The van der Waals surface area contributed by atoms with Crippen molar-refractivity contribution in [3.63, 3.8) is 0 Å². The highest BCUT2D eigenvalue weighted by Crippen LogP contribution is 2.27. The molecule has 0 bridgehead atoms. The molecular formula is C50H68N12O17. The molecule has 430 valence electrons. The third kappa shape index (κ3) is 20.6. The van der Waals surface area contributed by atoms with E-state index in [4.69, 9.17) is 0 Å². The van der Waals surface area contributed by atoms with Crippen molar-refractivity contribution in [1.82, 2.24) is 55.3 Å². The molecule has 0 saturated carbocycles. The lowest BCUT2D eigenvalue weighted by molar-refractivity contribution is -0.141. The molecule has 29 heteroatoms. The Morgan fingerprint density at radius 1 is 0.671 bits per heavy atom. The Morgan fingerprint density at radius 3 is 1.72 bits per heavy atom. The van der Waals surface area contributed by atoms with Crippen LogP contribution in [0, 0.1) is 0 Å². The van der Waals surface area contributed by atoms with Crippen molar-refractivity contribution in [1.29, 1.82) is 0 Å². The number of nitrogens with zero attached hydrogens (tertiary/aromatic N) is 7. The average molecular weight is 1110 g/mol. The highest BCUT2D eigenvalue weighted by atomic mass is 16.4. The Labute approximate surface area is 452 Å². The van der Waals surface area contributed by atoms with Crippen molar-refractivity contribution in [3.05, 3.63) is 59.4 Å². The number of fused-ring (bicyclic) bond motifs is 2. The standard InChI is InChI=1S/C50H68N12O17/c1-57(26-39-53-34-5-2-3-6-35(34)54-39)49(78)31-7-8-33-32(23-31)25-62(50(79)38(52-33)24-43(68)69)14-4-13-51-47(76)36(9-11-41(64)65)56-48(77)37(10-12-42(66)67)55-40(63)27-58-15-17-59(28-44(70)71)19-21-61(30-46(74)75)22-20-60(18-16-58)29-45(72)73/h2-3,5-8,23,36-38,52H,4,9-22,24-30H2,1H3,(H,51,76)(H,53,54)(H,55,63)(H,56,77)(H,64,65)(H,66,67)(H,68,69)(H,70,71)(H,72,73)(H,74,75). The van der Waals surface area contributed by atoms with Gasteiger partial charge < -0.3 is 66.7 Å². The zero-order valence-electron chi connectivity index (χ0n) is 43.6. The van der Waals surface area contributed by atoms with E-state index in [1.807, 2.05) is 24.3 Å². The van der Waals surface area contributed by atoms with Crippen LogP contribution in [0.5, 0.6) is 0 Å². The van der Waals surface area contributed by atoms with Crippen LogP contribution in [0.25, 0.3) is 11.0 Å². The molecule has 1 aromatic heterocycles. The number of aliphatic carboxylic acids is 6. The number of para-hydroxylation sites is 2. The van der Waals surface area contributed by atoms with Crippen molar-refractivity contribution in [2.45, 2.75) is 69.7 Å². The Bertz CT molecular complexity index is 2640. The first-order chi connectivity index (χ1) is 37.5. The molecule has 1 fully saturated rings. The smallest absolute Gasteiger partial charge is 0.317 e. The van der Waals surface area contributed by atoms with E-state index in [1.165, 1.54) is 9.80 Å². The van der Waals surface area contributed by atoms with Crippen molar-refractivity contribution in [2.75, 3.05) is 104 Å². The number of aromatic amines is 1. The van der Waals surface area contributed by atoms with Gasteiger partial charge in [0, 0.05) is 103 Å². The van der Waals surface area contributed by atoms with Gasteiger partial charge in [0.25, 0.3) is 5.91 Å². The fraction of sp³-hybridized carbons (Fsp3) is 0.520. The molecule has 2 aliphatic heterocycles. The maximum atomic E-state index is 13.9. The van der Waals surface area contributed by atoms with Crippen LogP contribution in [-0.2, 0) is 61.0 Å². The summed E-state index contributed by atoms with van der Waals surface area (Å²) in [4.78, 5) is 156. The summed E-state index contributed by atoms with van der Waals surface area (Å²) in [5.74, 6) is -10.4. The van der Waals surface area contributed by atoms with Crippen molar-refractivity contribution in [3.8, 4) is 0 Å². The number of amides is 5. The van der Waals surface area contributed by atoms with Crippen LogP contribution in [-0.4, -0.2) is 252 Å². The maximum Gasteiger partial charge on any atom is 0.317 e. The molecule has 2 aromatic carbocycles. The van der Waals surface area contributed by atoms with Gasteiger partial charge in [-0.15, -0.1) is 0 Å². The van der Waals surface area contributed by atoms with E-state index >= 15 is 0 Å². The molecule has 0 aliphatic carbocycles. The number of carbonyl (C=O) groups is 11. The number of hydrogen-bond donors (Lipinski definition) is 11. The predicted molar refractivity (Wildman–Crippen MR) is 277 cm³/mol. The Hall–Kier alpha value is -8.28. The Kier molecular flexibility index (Phi) is 23.4. The SMILES string of the molecule is CN(Cc1nc2ccccc2[nH]1)C(=O)c1ccc2c(c1)CN(CCCNC(=O)C(CCC(=O)O)NC(=O)C(CCC(=O)O)NC(=O)CN1CCN(CC(=O)O)CCN(CC(=O)O)CCN(CC(=O)O)CC1)C(=O)C(CC(=O)O)N2. The minimum Gasteiger partial charge on any atom is -0.481 e. The quantitative estimate of drug-likeness (QED) is 0.0372. The fourth-order valence-corrected chi connectivity index (χ4v) is 9.03. The van der Waals surface area contributed by atoms with Crippen LogP contribution in [0.2, 0.25) is 0 Å². The number of carboxylic acids is 6. The van der Waals surface area contributed by atoms with Crippen LogP contribution in [0.4, 0.5) is 5.69 Å². The van der Waals surface area contributed by atoms with Gasteiger partial charge in [0.15, 0.2) is 0 Å². The largest absolute Gasteiger partial charge is 0.481 e. The average Bonchev–Trinajstić information content (AvgIpc) is 3.79. The minimum absolute atomic E-state index is 0.0342. The second kappa shape index (κ2) is 30.0. The normalized spacial score (nSPS) is 16.8. The minimum atomic E-state index is -1.57. The highest BCUT2D eigenvalue weighted by molar-refractivity contribution is 5.96. The van der Waals surface area contributed by atoms with Gasteiger partial charge in [-0.25, -0.2) is 4.98 Å². The number of imidazole rings is 1. The molecule has 0 radical (unpaired) electrons. The Morgan fingerprint density at radius 2 is 1.20 bits per heavy atom. The number of carboxylic acid groups (broad SMARTS) is 6. The lowest BCUT2D eigenvalue weighted by Crippen LogP contribution is -2.55. The van der Waals surface area contributed by atoms with Gasteiger partial charge in [-0.3, -0.25) is 72.3 Å². The number of nitrogens with one attached hydrogen (secondary N) is 5. The lowest BCUT2D eigenvalue weighted by atomic mass is 10.1. The van der Waals surface area contributed by atoms with Gasteiger partial charge in [-0.05, 0) is 55.2 Å². The van der Waals surface area contributed by atoms with Crippen LogP contribution in [0.1, 0.15) is 60.3 Å². The molecule has 5 rings (SSSR count). The van der Waals surface area contributed by atoms with Crippen LogP contribution in [0.15, 0.2) is 42.5 Å². The zero-order valence-corrected chi connectivity index (χ0v) is 43.6. The van der Waals surface area contributed by atoms with E-state index in [9.17, 15) is 83.4 Å². The maximum absolute atomic E-state index is 13.9. The third-order valence-electron chi connectivity index (χ3n) is 13.1. The first-order valence-corrected chi connectivity index (χ1v) is 25.5. The highest BCUT2D eigenvalue weighted by Gasteiger charge is 2.33. The molecule has 0 spiro atoms. The van der Waals surface area contributed by atoms with Gasteiger partial charge in [0.1, 0.15) is 23.9 Å². The molecule has 3 heterocycles. The topological polar surface area (TPSA) is 405 Å². The summed E-state index contributed by atoms with van der Waals surface area (Å²) < 4.78 is 0. The van der Waals surface area contributed by atoms with E-state index in [2.05, 4.69) is 31.2 Å². The third-order valence-corrected chi connectivity index (χ3v) is 13.1. The molecule has 2 aliphatic rings. The molecule has 5 amide bonds. The van der Waals surface area contributed by atoms with Crippen LogP contribution < -0.4 is 21.3 Å². The monoisotopic (exact) mass is 1110 g/mol. The van der Waals surface area contributed by atoms with Gasteiger partial charge in [0.05, 0.1) is 50.2 Å². The second-order valence-corrected chi connectivity index (χ2v) is 19.3. The van der Waals surface area contributed by atoms with Crippen molar-refractivity contribution < 1.29 is 83.4 Å². The summed E-state index contributed by atoms with van der Waals surface area (Å²) in [6, 6.07) is 7.86. The first-order valence-electron chi connectivity index (χ1n) is 25.5. The van der Waals surface area contributed by atoms with Crippen molar-refractivity contribution in [2.24, 2.45) is 0 Å². The molecule has 29 nitrogen and oxygen atoms in total. The first kappa shape index (κ1) is 61.6. The van der Waals surface area contributed by atoms with E-state index in [0.29, 0.717) is 17.1 Å². The molecule has 1 saturated heterocycles. The fourth-order valence-electron chi connectivity index (χ4n) is 9.03. The number of aromatic nitrogens is 2. The predicted octanol–water partition coefficient (Wildman–Crippen LogP) is -1.89. The van der Waals surface area contributed by atoms with Gasteiger partial charge in [-0.2, -0.15) is 0 Å². The van der Waals surface area contributed by atoms with Crippen LogP contribution >= 0.6 is 0 Å². The Balaban J connectivity index is 1.24. The summed E-state index contributed by atoms with van der Waals surface area (Å²) in [6.07, 6.45) is -2.64. The zero-order chi connectivity index (χ0) is 57.8. The van der Waals surface area contributed by atoms with Gasteiger partial charge >= 0.3 is 35.8 Å². The molecule has 79 heavy (non-hydrogen) atoms. The number of hydrogen-bond acceptors (Lipinski definition) is 17. The molecule has 11 N–H and O–H groups in total. The van der Waals surface area contributed by atoms with Gasteiger partial charge in [0.2, 0.25) is 23.6 Å². The number of anilines is 1. The molecule has 3 atom stereocenters. The van der Waals surface area contributed by atoms with Gasteiger partial charge in [-0.1, -0.05) is 12.1 Å². The number of benzene rings is 2. The van der Waals surface area contributed by atoms with E-state index in [0.717, 1.165) is 11.0 Å². The molecule has 3 aromatic rings. The van der Waals surface area contributed by atoms with Crippen molar-refractivity contribution >= 4 is 82.1 Å². The summed E-state index contributed by atoms with van der Waals surface area (Å²) in [7, 11) is 1.61. The number of carbonyl (C=O) groups excluding carboxylic acids is 5. The lowest BCUT2D eigenvalue weighted by Gasteiger charge is -2.33. The molecular weight excluding hydrogens is 1040 g/mol. The summed E-state index contributed by atoms with van der Waals surface area (Å²) in [5.41, 5.74) is 2.76. The second-order valence-electron chi connectivity index (χ2n) is 19.3. The number of rotatable bonds is 27. The van der Waals surface area contributed by atoms with Crippen LogP contribution in [0.3, 0.4) is 0 Å². The molecule has 3 unspecified atom stereocenters. The van der Waals surface area contributed by atoms with E-state index < -0.39 is 129 Å². The summed E-state index contributed by atoms with van der Waals surface area (Å²) in [6.45, 7) is -0.987. The summed E-state index contributed by atoms with van der Waals surface area (Å²) >= 11 is 0.